The predicted molar refractivity (Wildman–Crippen MR) is 81.5 cm³/mol. The molecule has 1 aliphatic rings. The van der Waals surface area contributed by atoms with Crippen LogP contribution in [-0.2, 0) is 6.42 Å². The normalized spacial score (nSPS) is 17.6. The standard InChI is InChI=1S/C16H27N3/c1-3-14(17)12-13-8-7-11-18-16(13)19(4-2)15-9-5-6-10-15/h7-8,11,14-15H,3-6,9-10,12,17H2,1-2H3. The van der Waals surface area contributed by atoms with Gasteiger partial charge in [-0.15, -0.1) is 0 Å². The van der Waals surface area contributed by atoms with Gasteiger partial charge in [-0.05, 0) is 44.2 Å². The van der Waals surface area contributed by atoms with E-state index in [1.165, 1.54) is 37.1 Å². The van der Waals surface area contributed by atoms with Gasteiger partial charge >= 0.3 is 0 Å². The first kappa shape index (κ1) is 14.3. The van der Waals surface area contributed by atoms with Gasteiger partial charge in [-0.2, -0.15) is 0 Å². The smallest absolute Gasteiger partial charge is 0.131 e. The summed E-state index contributed by atoms with van der Waals surface area (Å²) in [5, 5.41) is 0. The largest absolute Gasteiger partial charge is 0.354 e. The van der Waals surface area contributed by atoms with Crippen LogP contribution in [0.4, 0.5) is 5.82 Å². The van der Waals surface area contributed by atoms with Crippen molar-refractivity contribution < 1.29 is 0 Å². The first-order chi connectivity index (χ1) is 9.26. The molecular weight excluding hydrogens is 234 g/mol. The number of pyridine rings is 1. The van der Waals surface area contributed by atoms with Gasteiger partial charge in [-0.3, -0.25) is 0 Å². The number of hydrogen-bond acceptors (Lipinski definition) is 3. The highest BCUT2D eigenvalue weighted by Gasteiger charge is 2.24. The number of nitrogens with zero attached hydrogens (tertiary/aromatic N) is 2. The van der Waals surface area contributed by atoms with Crippen LogP contribution >= 0.6 is 0 Å². The molecule has 0 spiro atoms. The Morgan fingerprint density at radius 1 is 1.37 bits per heavy atom. The van der Waals surface area contributed by atoms with Crippen molar-refractivity contribution in [3.05, 3.63) is 23.9 Å². The van der Waals surface area contributed by atoms with E-state index < -0.39 is 0 Å². The lowest BCUT2D eigenvalue weighted by Crippen LogP contribution is -2.35. The molecule has 2 rings (SSSR count). The lowest BCUT2D eigenvalue weighted by Gasteiger charge is -2.31. The van der Waals surface area contributed by atoms with Crippen molar-refractivity contribution in [2.75, 3.05) is 11.4 Å². The molecule has 0 saturated heterocycles. The highest BCUT2D eigenvalue weighted by Crippen LogP contribution is 2.29. The van der Waals surface area contributed by atoms with Gasteiger partial charge in [0.1, 0.15) is 5.82 Å². The Balaban J connectivity index is 2.21. The molecule has 1 aromatic heterocycles. The monoisotopic (exact) mass is 261 g/mol. The average Bonchev–Trinajstić information content (AvgIpc) is 2.95. The molecule has 106 valence electrons. The predicted octanol–water partition coefficient (Wildman–Crippen LogP) is 3.13. The van der Waals surface area contributed by atoms with Crippen LogP contribution in [0.3, 0.4) is 0 Å². The summed E-state index contributed by atoms with van der Waals surface area (Å²) in [6.07, 6.45) is 9.20. The summed E-state index contributed by atoms with van der Waals surface area (Å²) in [6.45, 7) is 5.42. The van der Waals surface area contributed by atoms with Crippen LogP contribution in [0.5, 0.6) is 0 Å². The molecule has 1 aliphatic carbocycles. The minimum Gasteiger partial charge on any atom is -0.354 e. The van der Waals surface area contributed by atoms with E-state index in [1.807, 2.05) is 12.3 Å². The van der Waals surface area contributed by atoms with Gasteiger partial charge in [0.2, 0.25) is 0 Å². The molecular formula is C16H27N3. The number of hydrogen-bond donors (Lipinski definition) is 1. The highest BCUT2D eigenvalue weighted by atomic mass is 15.2. The summed E-state index contributed by atoms with van der Waals surface area (Å²) < 4.78 is 0. The van der Waals surface area contributed by atoms with Gasteiger partial charge in [0.15, 0.2) is 0 Å². The maximum absolute atomic E-state index is 6.12. The van der Waals surface area contributed by atoms with Crippen molar-refractivity contribution in [2.45, 2.75) is 64.5 Å². The number of nitrogens with two attached hydrogens (primary N) is 1. The second-order valence-electron chi connectivity index (χ2n) is 5.58. The fourth-order valence-electron chi connectivity index (χ4n) is 3.07. The topological polar surface area (TPSA) is 42.1 Å². The molecule has 19 heavy (non-hydrogen) atoms. The Morgan fingerprint density at radius 2 is 2.11 bits per heavy atom. The highest BCUT2D eigenvalue weighted by molar-refractivity contribution is 5.48. The van der Waals surface area contributed by atoms with Crippen LogP contribution in [0.1, 0.15) is 51.5 Å². The zero-order chi connectivity index (χ0) is 13.7. The molecule has 0 radical (unpaired) electrons. The summed E-state index contributed by atoms with van der Waals surface area (Å²) in [6, 6.07) is 5.14. The van der Waals surface area contributed by atoms with Crippen LogP contribution in [0.15, 0.2) is 18.3 Å². The average molecular weight is 261 g/mol. The summed E-state index contributed by atoms with van der Waals surface area (Å²) in [5.74, 6) is 1.17. The Labute approximate surface area is 117 Å². The molecule has 3 nitrogen and oxygen atoms in total. The van der Waals surface area contributed by atoms with E-state index in [0.717, 1.165) is 19.4 Å². The van der Waals surface area contributed by atoms with E-state index in [-0.39, 0.29) is 6.04 Å². The van der Waals surface area contributed by atoms with Crippen LogP contribution in [-0.4, -0.2) is 23.6 Å². The van der Waals surface area contributed by atoms with Crippen molar-refractivity contribution in [3.8, 4) is 0 Å². The van der Waals surface area contributed by atoms with Gasteiger partial charge in [0, 0.05) is 24.8 Å². The number of anilines is 1. The molecule has 2 N–H and O–H groups in total. The van der Waals surface area contributed by atoms with Crippen LogP contribution < -0.4 is 10.6 Å². The van der Waals surface area contributed by atoms with E-state index >= 15 is 0 Å². The number of aromatic nitrogens is 1. The van der Waals surface area contributed by atoms with Crippen LogP contribution in [0.25, 0.3) is 0 Å². The zero-order valence-electron chi connectivity index (χ0n) is 12.3. The van der Waals surface area contributed by atoms with Crippen molar-refractivity contribution in [3.63, 3.8) is 0 Å². The zero-order valence-corrected chi connectivity index (χ0v) is 12.3. The lowest BCUT2D eigenvalue weighted by molar-refractivity contribution is 0.600. The summed E-state index contributed by atoms with van der Waals surface area (Å²) in [7, 11) is 0. The van der Waals surface area contributed by atoms with Crippen molar-refractivity contribution in [1.82, 2.24) is 4.98 Å². The number of rotatable bonds is 6. The molecule has 1 unspecified atom stereocenters. The molecule has 1 saturated carbocycles. The maximum Gasteiger partial charge on any atom is 0.131 e. The minimum absolute atomic E-state index is 0.241. The van der Waals surface area contributed by atoms with Gasteiger partial charge in [0.05, 0.1) is 0 Å². The van der Waals surface area contributed by atoms with Gasteiger partial charge in [0.25, 0.3) is 0 Å². The minimum atomic E-state index is 0.241. The van der Waals surface area contributed by atoms with E-state index in [1.54, 1.807) is 0 Å². The molecule has 1 atom stereocenters. The molecule has 1 heterocycles. The third kappa shape index (κ3) is 3.47. The molecule has 0 aliphatic heterocycles. The van der Waals surface area contributed by atoms with E-state index in [4.69, 9.17) is 5.73 Å². The fourth-order valence-corrected chi connectivity index (χ4v) is 3.07. The third-order valence-corrected chi connectivity index (χ3v) is 4.25. The van der Waals surface area contributed by atoms with Crippen molar-refractivity contribution in [2.24, 2.45) is 5.73 Å². The molecule has 0 aromatic carbocycles. The van der Waals surface area contributed by atoms with E-state index in [9.17, 15) is 0 Å². The van der Waals surface area contributed by atoms with Gasteiger partial charge in [-0.1, -0.05) is 25.8 Å². The quantitative estimate of drug-likeness (QED) is 0.855. The summed E-state index contributed by atoms with van der Waals surface area (Å²) in [5.41, 5.74) is 7.43. The maximum atomic E-state index is 6.12. The lowest BCUT2D eigenvalue weighted by atomic mass is 10.0. The third-order valence-electron chi connectivity index (χ3n) is 4.25. The molecule has 3 heteroatoms. The van der Waals surface area contributed by atoms with Gasteiger partial charge < -0.3 is 10.6 Å². The Kier molecular flexibility index (Phi) is 5.20. The van der Waals surface area contributed by atoms with E-state index in [0.29, 0.717) is 6.04 Å². The second kappa shape index (κ2) is 6.90. The first-order valence-electron chi connectivity index (χ1n) is 7.72. The van der Waals surface area contributed by atoms with Gasteiger partial charge in [-0.25, -0.2) is 4.98 Å². The van der Waals surface area contributed by atoms with E-state index in [2.05, 4.69) is 29.8 Å². The summed E-state index contributed by atoms with van der Waals surface area (Å²) in [4.78, 5) is 7.14. The molecule has 1 fully saturated rings. The Morgan fingerprint density at radius 3 is 2.74 bits per heavy atom. The molecule has 1 aromatic rings. The molecule has 0 bridgehead atoms. The van der Waals surface area contributed by atoms with Crippen LogP contribution in [0, 0.1) is 0 Å². The fraction of sp³-hybridized carbons (Fsp3) is 0.688. The summed E-state index contributed by atoms with van der Waals surface area (Å²) >= 11 is 0. The van der Waals surface area contributed by atoms with Crippen molar-refractivity contribution in [1.29, 1.82) is 0 Å². The first-order valence-corrected chi connectivity index (χ1v) is 7.72. The molecule has 0 amide bonds. The Hall–Kier alpha value is -1.09. The van der Waals surface area contributed by atoms with Crippen LogP contribution in [0.2, 0.25) is 0 Å². The van der Waals surface area contributed by atoms with Crippen molar-refractivity contribution >= 4 is 5.82 Å². The second-order valence-corrected chi connectivity index (χ2v) is 5.58. The SMILES string of the molecule is CCC(N)Cc1cccnc1N(CC)C1CCCC1. The Bertz CT molecular complexity index is 385.